The smallest absolute Gasteiger partial charge is 0.121 e. The van der Waals surface area contributed by atoms with Crippen molar-refractivity contribution in [3.63, 3.8) is 0 Å². The molecule has 2 aliphatic rings. The van der Waals surface area contributed by atoms with Gasteiger partial charge in [-0.25, -0.2) is 0 Å². The predicted molar refractivity (Wildman–Crippen MR) is 200 cm³/mol. The van der Waals surface area contributed by atoms with Gasteiger partial charge in [-0.15, -0.1) is 0 Å². The van der Waals surface area contributed by atoms with Crippen LogP contribution in [0.5, 0.6) is 11.5 Å². The van der Waals surface area contributed by atoms with Crippen LogP contribution in [-0.2, 0) is 12.8 Å². The number of hydrogen-bond donors (Lipinski definition) is 4. The average Bonchev–Trinajstić information content (AvgIpc) is 2.97. The van der Waals surface area contributed by atoms with E-state index in [-0.39, 0.29) is 0 Å². The molecular weight excluding hydrogens is 564 g/mol. The normalized spacial score (nSPS) is 25.0. The molecule has 0 bridgehead atoms. The highest BCUT2D eigenvalue weighted by atomic mass is 16.3. The summed E-state index contributed by atoms with van der Waals surface area (Å²) in [6.45, 7) is 18.3. The quantitative estimate of drug-likeness (QED) is 0.138. The lowest BCUT2D eigenvalue weighted by Crippen LogP contribution is -2.26. The number of aromatic hydroxyl groups is 2. The molecule has 4 nitrogen and oxygen atoms in total. The summed E-state index contributed by atoms with van der Waals surface area (Å²) in [4.78, 5) is 0. The molecule has 4 rings (SSSR count). The number of benzene rings is 2. The Balaban J connectivity index is 0.000000250. The van der Waals surface area contributed by atoms with E-state index in [1.807, 2.05) is 12.1 Å². The minimum atomic E-state index is 0.406. The third-order valence-corrected chi connectivity index (χ3v) is 11.4. The van der Waals surface area contributed by atoms with Crippen LogP contribution in [0.2, 0.25) is 0 Å². The Morgan fingerprint density at radius 3 is 1.28 bits per heavy atom. The van der Waals surface area contributed by atoms with Gasteiger partial charge in [-0.3, -0.25) is 0 Å². The molecule has 0 unspecified atom stereocenters. The molecule has 6 atom stereocenters. The van der Waals surface area contributed by atoms with Crippen LogP contribution in [0.4, 0.5) is 11.4 Å². The minimum Gasteiger partial charge on any atom is -0.508 e. The maximum Gasteiger partial charge on any atom is 0.121 e. The Morgan fingerprint density at radius 1 is 0.609 bits per heavy atom. The molecular formula is C42H70N2O2. The fourth-order valence-corrected chi connectivity index (χ4v) is 8.76. The molecule has 0 aromatic heterocycles. The zero-order valence-electron chi connectivity index (χ0n) is 30.9. The summed E-state index contributed by atoms with van der Waals surface area (Å²) < 4.78 is 0. The van der Waals surface area contributed by atoms with E-state index in [1.54, 1.807) is 0 Å². The van der Waals surface area contributed by atoms with Gasteiger partial charge in [0.25, 0.3) is 0 Å². The largest absolute Gasteiger partial charge is 0.508 e. The first-order valence-corrected chi connectivity index (χ1v) is 19.1. The minimum absolute atomic E-state index is 0.406. The lowest BCUT2D eigenvalue weighted by atomic mass is 9.67. The molecule has 0 saturated heterocycles. The van der Waals surface area contributed by atoms with Crippen molar-refractivity contribution in [3.8, 4) is 11.5 Å². The second-order valence-corrected chi connectivity index (χ2v) is 16.0. The Bertz CT molecular complexity index is 1060. The Hall–Kier alpha value is -2.36. The van der Waals surface area contributed by atoms with Gasteiger partial charge in [0.05, 0.1) is 0 Å². The molecule has 46 heavy (non-hydrogen) atoms. The van der Waals surface area contributed by atoms with E-state index in [9.17, 15) is 10.2 Å². The van der Waals surface area contributed by atoms with Crippen molar-refractivity contribution in [2.75, 3.05) is 11.5 Å². The van der Waals surface area contributed by atoms with Crippen molar-refractivity contribution in [2.24, 2.45) is 35.5 Å². The summed E-state index contributed by atoms with van der Waals surface area (Å²) >= 11 is 0. The first-order chi connectivity index (χ1) is 21.9. The number of anilines is 2. The molecule has 2 aliphatic carbocycles. The summed E-state index contributed by atoms with van der Waals surface area (Å²) in [5.74, 6) is 5.65. The first-order valence-electron chi connectivity index (χ1n) is 19.1. The topological polar surface area (TPSA) is 92.5 Å². The van der Waals surface area contributed by atoms with Crippen molar-refractivity contribution in [1.29, 1.82) is 0 Å². The molecule has 0 radical (unpaired) electrons. The van der Waals surface area contributed by atoms with Gasteiger partial charge in [-0.1, -0.05) is 93.9 Å². The highest BCUT2D eigenvalue weighted by Crippen LogP contribution is 2.50. The van der Waals surface area contributed by atoms with E-state index >= 15 is 0 Å². The van der Waals surface area contributed by atoms with Crippen LogP contribution in [0, 0.1) is 35.5 Å². The first kappa shape index (κ1) is 38.1. The lowest BCUT2D eigenvalue weighted by Gasteiger charge is -2.38. The van der Waals surface area contributed by atoms with Gasteiger partial charge in [0.15, 0.2) is 0 Å². The summed E-state index contributed by atoms with van der Waals surface area (Å²) in [5, 5.41) is 21.4. The standard InChI is InChI=1S/2C21H35NO/c2*1-5-6-7-8-16-12-19(22)21(20(23)13-16)18-11-15(4)9-10-17(18)14(2)3/h2*12-15,17-18,23H,5-11,22H2,1-4H3/t15-,17+,18-;15-,17-,18+/m10/s1. The van der Waals surface area contributed by atoms with E-state index in [0.29, 0.717) is 47.0 Å². The molecule has 2 fully saturated rings. The number of phenolic OH excluding ortho intramolecular Hbond substituents is 2. The van der Waals surface area contributed by atoms with Gasteiger partial charge < -0.3 is 21.7 Å². The summed E-state index contributed by atoms with van der Waals surface area (Å²) in [5.41, 5.74) is 18.8. The van der Waals surface area contributed by atoms with Crippen LogP contribution >= 0.6 is 0 Å². The lowest BCUT2D eigenvalue weighted by molar-refractivity contribution is 0.195. The predicted octanol–water partition coefficient (Wildman–Crippen LogP) is 11.8. The molecule has 260 valence electrons. The molecule has 2 aromatic carbocycles. The highest BCUT2D eigenvalue weighted by molar-refractivity contribution is 5.59. The van der Waals surface area contributed by atoms with Crippen LogP contribution in [-0.4, -0.2) is 10.2 Å². The van der Waals surface area contributed by atoms with Crippen molar-refractivity contribution in [3.05, 3.63) is 46.5 Å². The third kappa shape index (κ3) is 10.3. The zero-order chi connectivity index (χ0) is 34.0. The average molecular weight is 635 g/mol. The van der Waals surface area contributed by atoms with Crippen molar-refractivity contribution in [1.82, 2.24) is 0 Å². The van der Waals surface area contributed by atoms with Crippen molar-refractivity contribution < 1.29 is 10.2 Å². The van der Waals surface area contributed by atoms with E-state index < -0.39 is 0 Å². The van der Waals surface area contributed by atoms with Crippen LogP contribution in [0.3, 0.4) is 0 Å². The summed E-state index contributed by atoms with van der Waals surface area (Å²) in [7, 11) is 0. The Kier molecular flexibility index (Phi) is 15.1. The highest BCUT2D eigenvalue weighted by Gasteiger charge is 2.35. The van der Waals surface area contributed by atoms with Gasteiger partial charge in [0.1, 0.15) is 11.5 Å². The molecule has 2 aromatic rings. The second kappa shape index (κ2) is 18.3. The number of phenols is 2. The number of rotatable bonds is 12. The molecule has 0 spiro atoms. The van der Waals surface area contributed by atoms with Crippen molar-refractivity contribution >= 4 is 11.4 Å². The molecule has 0 heterocycles. The van der Waals surface area contributed by atoms with Gasteiger partial charge in [-0.05, 0) is 134 Å². The molecule has 6 N–H and O–H groups in total. The second-order valence-electron chi connectivity index (χ2n) is 16.0. The van der Waals surface area contributed by atoms with Gasteiger partial charge in [0, 0.05) is 22.5 Å². The monoisotopic (exact) mass is 635 g/mol. The number of hydrogen-bond acceptors (Lipinski definition) is 4. The Morgan fingerprint density at radius 2 is 0.978 bits per heavy atom. The number of nitrogen functional groups attached to an aromatic ring is 2. The third-order valence-electron chi connectivity index (χ3n) is 11.4. The van der Waals surface area contributed by atoms with Crippen LogP contribution < -0.4 is 11.5 Å². The zero-order valence-corrected chi connectivity index (χ0v) is 30.9. The van der Waals surface area contributed by atoms with E-state index in [1.165, 1.54) is 75.3 Å². The fourth-order valence-electron chi connectivity index (χ4n) is 8.76. The molecule has 2 saturated carbocycles. The Labute approximate surface area is 283 Å². The van der Waals surface area contributed by atoms with Crippen LogP contribution in [0.1, 0.15) is 167 Å². The van der Waals surface area contributed by atoms with Gasteiger partial charge in [-0.2, -0.15) is 0 Å². The maximum atomic E-state index is 10.7. The summed E-state index contributed by atoms with van der Waals surface area (Å²) in [6, 6.07) is 8.17. The van der Waals surface area contributed by atoms with Crippen LogP contribution in [0.25, 0.3) is 0 Å². The van der Waals surface area contributed by atoms with E-state index in [0.717, 1.165) is 60.0 Å². The molecule has 0 amide bonds. The van der Waals surface area contributed by atoms with Gasteiger partial charge in [0.2, 0.25) is 0 Å². The van der Waals surface area contributed by atoms with E-state index in [2.05, 4.69) is 67.5 Å². The van der Waals surface area contributed by atoms with Gasteiger partial charge >= 0.3 is 0 Å². The SMILES string of the molecule is CCCCCc1cc(N)c([C@@H]2C[C@@H](C)CC[C@H]2C(C)C)c(O)c1.CCCCCc1cc(N)c([C@@H]2C[C@H](C)CC[C@H]2C(C)C)c(O)c1. The van der Waals surface area contributed by atoms with Crippen LogP contribution in [0.15, 0.2) is 24.3 Å². The fraction of sp³-hybridized carbons (Fsp3) is 0.714. The number of unbranched alkanes of at least 4 members (excludes halogenated alkanes) is 4. The molecule has 4 heteroatoms. The maximum absolute atomic E-state index is 10.7. The molecule has 0 aliphatic heterocycles. The number of nitrogens with two attached hydrogens (primary N) is 2. The number of aryl methyl sites for hydroxylation is 2. The van der Waals surface area contributed by atoms with E-state index in [4.69, 9.17) is 11.5 Å². The summed E-state index contributed by atoms with van der Waals surface area (Å²) in [6.07, 6.45) is 16.7. The van der Waals surface area contributed by atoms with Crippen molar-refractivity contribution in [2.45, 2.75) is 157 Å².